The van der Waals surface area contributed by atoms with Crippen LogP contribution in [0.2, 0.25) is 0 Å². The third-order valence-electron chi connectivity index (χ3n) is 4.53. The van der Waals surface area contributed by atoms with Crippen LogP contribution in [0.1, 0.15) is 11.1 Å². The largest absolute Gasteiger partial charge is 0.393 e. The topological polar surface area (TPSA) is 49.8 Å². The minimum Gasteiger partial charge on any atom is -0.393 e. The summed E-state index contributed by atoms with van der Waals surface area (Å²) in [6, 6.07) is 15.7. The zero-order valence-electron chi connectivity index (χ0n) is 14.0. The summed E-state index contributed by atoms with van der Waals surface area (Å²) in [4.78, 5) is 14.4. The highest BCUT2D eigenvalue weighted by atomic mass is 19.1. The molecule has 1 fully saturated rings. The second kappa shape index (κ2) is 7.76. The highest BCUT2D eigenvalue weighted by Gasteiger charge is 2.38. The molecule has 1 aliphatic heterocycles. The minimum atomic E-state index is -0.845. The van der Waals surface area contributed by atoms with E-state index in [2.05, 4.69) is 0 Å². The minimum absolute atomic E-state index is 0.0198. The van der Waals surface area contributed by atoms with Crippen LogP contribution in [0.15, 0.2) is 54.6 Å². The third-order valence-corrected chi connectivity index (χ3v) is 4.53. The van der Waals surface area contributed by atoms with Gasteiger partial charge >= 0.3 is 0 Å². The number of carbonyl (C=O) groups is 1. The lowest BCUT2D eigenvalue weighted by atomic mass is 9.93. The van der Waals surface area contributed by atoms with E-state index in [1.165, 1.54) is 12.1 Å². The van der Waals surface area contributed by atoms with Crippen LogP contribution in [0.4, 0.5) is 4.39 Å². The lowest BCUT2D eigenvalue weighted by Crippen LogP contribution is -2.57. The lowest BCUT2D eigenvalue weighted by Gasteiger charge is -2.42. The third kappa shape index (κ3) is 4.44. The molecule has 0 unspecified atom stereocenters. The maximum absolute atomic E-state index is 13.1. The molecule has 5 heteroatoms. The molecule has 0 bridgehead atoms. The molecule has 0 aromatic heterocycles. The first-order chi connectivity index (χ1) is 12.1. The highest BCUT2D eigenvalue weighted by Crippen LogP contribution is 2.24. The SMILES string of the molecule is O=C(Cc1ccccc1)N1CCO[C@](CO)(Cc2ccc(F)cc2)C1. The predicted octanol–water partition coefficient (Wildman–Crippen LogP) is 2.20. The Morgan fingerprint density at radius 3 is 2.52 bits per heavy atom. The van der Waals surface area contributed by atoms with Crippen LogP contribution in [-0.4, -0.2) is 47.8 Å². The number of ether oxygens (including phenoxy) is 1. The van der Waals surface area contributed by atoms with Crippen LogP contribution >= 0.6 is 0 Å². The summed E-state index contributed by atoms with van der Waals surface area (Å²) in [6.07, 6.45) is 0.762. The monoisotopic (exact) mass is 343 g/mol. The molecule has 132 valence electrons. The molecule has 0 aliphatic carbocycles. The fourth-order valence-corrected chi connectivity index (χ4v) is 3.17. The smallest absolute Gasteiger partial charge is 0.227 e. The molecule has 1 amide bonds. The average molecular weight is 343 g/mol. The van der Waals surface area contributed by atoms with Crippen molar-refractivity contribution in [1.29, 1.82) is 0 Å². The van der Waals surface area contributed by atoms with Crippen LogP contribution < -0.4 is 0 Å². The number of carbonyl (C=O) groups excluding carboxylic acids is 1. The second-order valence-corrected chi connectivity index (χ2v) is 6.47. The van der Waals surface area contributed by atoms with E-state index in [4.69, 9.17) is 4.74 Å². The van der Waals surface area contributed by atoms with E-state index in [9.17, 15) is 14.3 Å². The van der Waals surface area contributed by atoms with Gasteiger partial charge in [0.25, 0.3) is 0 Å². The fourth-order valence-electron chi connectivity index (χ4n) is 3.17. The average Bonchev–Trinajstić information content (AvgIpc) is 2.65. The molecular weight excluding hydrogens is 321 g/mol. The van der Waals surface area contributed by atoms with Gasteiger partial charge in [0.1, 0.15) is 11.4 Å². The molecule has 25 heavy (non-hydrogen) atoms. The predicted molar refractivity (Wildman–Crippen MR) is 92.6 cm³/mol. The van der Waals surface area contributed by atoms with Crippen LogP contribution in [0.3, 0.4) is 0 Å². The van der Waals surface area contributed by atoms with Gasteiger partial charge in [0.2, 0.25) is 5.91 Å². The fraction of sp³-hybridized carbons (Fsp3) is 0.350. The Morgan fingerprint density at radius 1 is 1.12 bits per heavy atom. The first kappa shape index (κ1) is 17.6. The summed E-state index contributed by atoms with van der Waals surface area (Å²) in [5, 5.41) is 9.91. The zero-order valence-corrected chi connectivity index (χ0v) is 14.0. The molecule has 1 heterocycles. The van der Waals surface area contributed by atoms with Gasteiger partial charge in [-0.3, -0.25) is 4.79 Å². The summed E-state index contributed by atoms with van der Waals surface area (Å²) in [7, 11) is 0. The van der Waals surface area contributed by atoms with Gasteiger partial charge in [-0.25, -0.2) is 4.39 Å². The van der Waals surface area contributed by atoms with Gasteiger partial charge in [0, 0.05) is 13.0 Å². The molecule has 4 nitrogen and oxygen atoms in total. The van der Waals surface area contributed by atoms with E-state index >= 15 is 0 Å². The standard InChI is InChI=1S/C20H22FNO3/c21-18-8-6-17(7-9-18)13-20(15-23)14-22(10-11-25-20)19(24)12-16-4-2-1-3-5-16/h1-9,23H,10-15H2/t20-/m1/s1. The molecule has 0 spiro atoms. The molecule has 0 saturated carbocycles. The van der Waals surface area contributed by atoms with Crippen molar-refractivity contribution in [2.75, 3.05) is 26.3 Å². The molecule has 1 atom stereocenters. The lowest BCUT2D eigenvalue weighted by molar-refractivity contribution is -0.157. The zero-order chi connectivity index (χ0) is 17.7. The van der Waals surface area contributed by atoms with E-state index in [-0.39, 0.29) is 18.3 Å². The van der Waals surface area contributed by atoms with E-state index in [1.807, 2.05) is 30.3 Å². The first-order valence-corrected chi connectivity index (χ1v) is 8.41. The van der Waals surface area contributed by atoms with Crippen molar-refractivity contribution in [2.45, 2.75) is 18.4 Å². The summed E-state index contributed by atoms with van der Waals surface area (Å²) < 4.78 is 18.9. The van der Waals surface area contributed by atoms with Crippen LogP contribution in [0.25, 0.3) is 0 Å². The van der Waals surface area contributed by atoms with Gasteiger partial charge < -0.3 is 14.7 Å². The summed E-state index contributed by atoms with van der Waals surface area (Å²) in [5.41, 5.74) is 0.988. The molecule has 1 aliphatic rings. The number of rotatable bonds is 5. The van der Waals surface area contributed by atoms with Crippen molar-refractivity contribution >= 4 is 5.91 Å². The molecule has 3 rings (SSSR count). The normalized spacial score (nSPS) is 20.5. The Labute approximate surface area is 146 Å². The number of halogens is 1. The van der Waals surface area contributed by atoms with E-state index < -0.39 is 5.60 Å². The van der Waals surface area contributed by atoms with Crippen molar-refractivity contribution < 1.29 is 19.0 Å². The Hall–Kier alpha value is -2.24. The Kier molecular flexibility index (Phi) is 5.46. The quantitative estimate of drug-likeness (QED) is 0.905. The number of amides is 1. The van der Waals surface area contributed by atoms with Gasteiger partial charge in [-0.1, -0.05) is 42.5 Å². The first-order valence-electron chi connectivity index (χ1n) is 8.41. The van der Waals surface area contributed by atoms with Gasteiger partial charge in [-0.15, -0.1) is 0 Å². The Bertz CT molecular complexity index is 705. The van der Waals surface area contributed by atoms with E-state index in [1.54, 1.807) is 17.0 Å². The molecule has 2 aromatic carbocycles. The van der Waals surface area contributed by atoms with Crippen LogP contribution in [0, 0.1) is 5.82 Å². The van der Waals surface area contributed by atoms with Crippen molar-refractivity contribution in [1.82, 2.24) is 4.90 Å². The van der Waals surface area contributed by atoms with Crippen LogP contribution in [0.5, 0.6) is 0 Å². The molecule has 1 saturated heterocycles. The number of hydrogen-bond donors (Lipinski definition) is 1. The maximum Gasteiger partial charge on any atom is 0.227 e. The molecule has 2 aromatic rings. The molecule has 1 N–H and O–H groups in total. The number of morpholine rings is 1. The van der Waals surface area contributed by atoms with Gasteiger partial charge in [0.15, 0.2) is 0 Å². The number of aliphatic hydroxyl groups excluding tert-OH is 1. The van der Waals surface area contributed by atoms with Crippen molar-refractivity contribution in [2.24, 2.45) is 0 Å². The molecular formula is C20H22FNO3. The maximum atomic E-state index is 13.1. The van der Waals surface area contributed by atoms with Crippen LogP contribution in [-0.2, 0) is 22.4 Å². The highest BCUT2D eigenvalue weighted by molar-refractivity contribution is 5.79. The number of nitrogens with zero attached hydrogens (tertiary/aromatic N) is 1. The van der Waals surface area contributed by atoms with E-state index in [0.29, 0.717) is 32.5 Å². The van der Waals surface area contributed by atoms with Gasteiger partial charge in [0.05, 0.1) is 26.2 Å². The Balaban J connectivity index is 1.69. The van der Waals surface area contributed by atoms with Crippen molar-refractivity contribution in [3.63, 3.8) is 0 Å². The van der Waals surface area contributed by atoms with Crippen molar-refractivity contribution in [3.8, 4) is 0 Å². The second-order valence-electron chi connectivity index (χ2n) is 6.47. The van der Waals surface area contributed by atoms with Gasteiger partial charge in [-0.05, 0) is 23.3 Å². The van der Waals surface area contributed by atoms with Gasteiger partial charge in [-0.2, -0.15) is 0 Å². The number of hydrogen-bond acceptors (Lipinski definition) is 3. The summed E-state index contributed by atoms with van der Waals surface area (Å²) in [5.74, 6) is -0.280. The number of benzene rings is 2. The number of aliphatic hydroxyl groups is 1. The summed E-state index contributed by atoms with van der Waals surface area (Å²) in [6.45, 7) is 1.02. The molecule has 0 radical (unpaired) electrons. The Morgan fingerprint density at radius 2 is 1.84 bits per heavy atom. The summed E-state index contributed by atoms with van der Waals surface area (Å²) >= 11 is 0. The van der Waals surface area contributed by atoms with E-state index in [0.717, 1.165) is 11.1 Å². The van der Waals surface area contributed by atoms with Crippen molar-refractivity contribution in [3.05, 3.63) is 71.5 Å².